The fraction of sp³-hybridized carbons (Fsp3) is 0.0526. The van der Waals surface area contributed by atoms with Crippen LogP contribution in [0.2, 0.25) is 0 Å². The number of nitrogens with zero attached hydrogens (tertiary/aromatic N) is 1. The number of benzene rings is 10. The van der Waals surface area contributed by atoms with E-state index in [-0.39, 0.29) is 5.41 Å². The van der Waals surface area contributed by atoms with Gasteiger partial charge in [-0.05, 0) is 125 Å². The molecule has 0 fully saturated rings. The Hall–Kier alpha value is -7.22. The van der Waals surface area contributed by atoms with Gasteiger partial charge in [0.25, 0.3) is 0 Å². The summed E-state index contributed by atoms with van der Waals surface area (Å²) in [6.07, 6.45) is 0. The molecule has 10 aromatic carbocycles. The molecule has 0 bridgehead atoms. The summed E-state index contributed by atoms with van der Waals surface area (Å²) in [6.45, 7) is 4.79. The topological polar surface area (TPSA) is 3.24 Å². The van der Waals surface area contributed by atoms with Crippen LogP contribution in [0, 0.1) is 0 Å². The standard InChI is InChI=1S/C57H41N/c1-57(2)52-20-10-18-43-28-34-50(46-23-22-39-14-6-7-16-44(39)36-46)56(55(43)52)51-35-29-45(37-53(51)57)41-26-32-48(33-27-41)58(54-21-11-17-42-15-8-9-19-49(42)54)47-30-24-40(25-31-47)38-12-4-3-5-13-38/h3-37H,1-2H3. The Bertz CT molecular complexity index is 3170. The van der Waals surface area contributed by atoms with E-state index in [0.29, 0.717) is 0 Å². The van der Waals surface area contributed by atoms with Crippen LogP contribution in [0.1, 0.15) is 25.0 Å². The average Bonchev–Trinajstić information content (AvgIpc) is 3.29. The quantitative estimate of drug-likeness (QED) is 0.164. The van der Waals surface area contributed by atoms with Crippen LogP contribution in [0.15, 0.2) is 212 Å². The highest BCUT2D eigenvalue weighted by atomic mass is 15.1. The fourth-order valence-electron chi connectivity index (χ4n) is 9.45. The van der Waals surface area contributed by atoms with Gasteiger partial charge in [-0.3, -0.25) is 0 Å². The van der Waals surface area contributed by atoms with Gasteiger partial charge in [0, 0.05) is 22.2 Å². The maximum Gasteiger partial charge on any atom is 0.0540 e. The second kappa shape index (κ2) is 13.5. The average molecular weight is 740 g/mol. The van der Waals surface area contributed by atoms with Crippen LogP contribution in [-0.4, -0.2) is 0 Å². The maximum atomic E-state index is 2.45. The van der Waals surface area contributed by atoms with E-state index in [1.165, 1.54) is 88.0 Å². The molecule has 1 aliphatic carbocycles. The second-order valence-corrected chi connectivity index (χ2v) is 16.1. The van der Waals surface area contributed by atoms with Crippen molar-refractivity contribution in [1.82, 2.24) is 0 Å². The first-order valence-electron chi connectivity index (χ1n) is 20.3. The first-order valence-corrected chi connectivity index (χ1v) is 20.3. The molecule has 1 nitrogen and oxygen atoms in total. The van der Waals surface area contributed by atoms with Crippen molar-refractivity contribution in [1.29, 1.82) is 0 Å². The third-order valence-electron chi connectivity index (χ3n) is 12.4. The van der Waals surface area contributed by atoms with E-state index in [2.05, 4.69) is 231 Å². The Balaban J connectivity index is 1.02. The summed E-state index contributed by atoms with van der Waals surface area (Å²) in [4.78, 5) is 2.39. The lowest BCUT2D eigenvalue weighted by Crippen LogP contribution is -2.24. The first-order chi connectivity index (χ1) is 28.5. The summed E-state index contributed by atoms with van der Waals surface area (Å²) in [5.74, 6) is 0. The van der Waals surface area contributed by atoms with E-state index in [9.17, 15) is 0 Å². The fourth-order valence-corrected chi connectivity index (χ4v) is 9.45. The molecule has 0 unspecified atom stereocenters. The molecule has 0 amide bonds. The maximum absolute atomic E-state index is 2.45. The molecule has 10 aromatic rings. The highest BCUT2D eigenvalue weighted by Gasteiger charge is 2.35. The Kier molecular flexibility index (Phi) is 7.91. The van der Waals surface area contributed by atoms with Gasteiger partial charge in [-0.1, -0.05) is 184 Å². The molecule has 0 saturated carbocycles. The molecule has 0 spiro atoms. The molecular weight excluding hydrogens is 699 g/mol. The van der Waals surface area contributed by atoms with Crippen molar-refractivity contribution in [3.8, 4) is 44.5 Å². The Morgan fingerprint density at radius 1 is 0.345 bits per heavy atom. The van der Waals surface area contributed by atoms with Gasteiger partial charge in [-0.25, -0.2) is 0 Å². The molecule has 1 heteroatoms. The molecule has 0 N–H and O–H groups in total. The molecule has 58 heavy (non-hydrogen) atoms. The Morgan fingerprint density at radius 3 is 1.67 bits per heavy atom. The molecule has 0 heterocycles. The van der Waals surface area contributed by atoms with Crippen LogP contribution in [0.4, 0.5) is 17.1 Å². The van der Waals surface area contributed by atoms with Crippen molar-refractivity contribution in [2.24, 2.45) is 0 Å². The van der Waals surface area contributed by atoms with E-state index < -0.39 is 0 Å². The lowest BCUT2D eigenvalue weighted by molar-refractivity contribution is 0.645. The number of fused-ring (bicyclic) bond motifs is 4. The summed E-state index contributed by atoms with van der Waals surface area (Å²) in [6, 6.07) is 78.1. The highest BCUT2D eigenvalue weighted by Crippen LogP contribution is 2.53. The monoisotopic (exact) mass is 739 g/mol. The van der Waals surface area contributed by atoms with Crippen LogP contribution < -0.4 is 4.90 Å². The van der Waals surface area contributed by atoms with Crippen molar-refractivity contribution in [3.63, 3.8) is 0 Å². The summed E-state index contributed by atoms with van der Waals surface area (Å²) in [5.41, 5.74) is 16.0. The zero-order valence-electron chi connectivity index (χ0n) is 32.7. The SMILES string of the molecule is CC1(C)c2cc(-c3ccc(N(c4ccc(-c5ccccc5)cc4)c4cccc5ccccc45)cc3)ccc2-c2c(-c3ccc4ccccc4c3)ccc3cccc1c23. The molecule has 0 aliphatic heterocycles. The van der Waals surface area contributed by atoms with Gasteiger partial charge < -0.3 is 4.90 Å². The minimum Gasteiger partial charge on any atom is -0.310 e. The highest BCUT2D eigenvalue weighted by molar-refractivity contribution is 6.10. The van der Waals surface area contributed by atoms with Gasteiger partial charge in [-0.15, -0.1) is 0 Å². The number of hydrogen-bond donors (Lipinski definition) is 0. The molecular formula is C57H41N. The van der Waals surface area contributed by atoms with Crippen molar-refractivity contribution in [2.75, 3.05) is 4.90 Å². The smallest absolute Gasteiger partial charge is 0.0540 e. The predicted molar refractivity (Wildman–Crippen MR) is 248 cm³/mol. The van der Waals surface area contributed by atoms with Crippen molar-refractivity contribution in [2.45, 2.75) is 19.3 Å². The minimum absolute atomic E-state index is 0.184. The van der Waals surface area contributed by atoms with Gasteiger partial charge in [-0.2, -0.15) is 0 Å². The van der Waals surface area contributed by atoms with Crippen LogP contribution in [0.5, 0.6) is 0 Å². The lowest BCUT2D eigenvalue weighted by Gasteiger charge is -2.36. The van der Waals surface area contributed by atoms with Crippen LogP contribution >= 0.6 is 0 Å². The normalized spacial score (nSPS) is 12.8. The Labute approximate surface area is 340 Å². The Morgan fingerprint density at radius 2 is 0.897 bits per heavy atom. The summed E-state index contributed by atoms with van der Waals surface area (Å²) < 4.78 is 0. The number of rotatable bonds is 6. The molecule has 0 atom stereocenters. The summed E-state index contributed by atoms with van der Waals surface area (Å²) >= 11 is 0. The third kappa shape index (κ3) is 5.54. The van der Waals surface area contributed by atoms with Gasteiger partial charge in [0.05, 0.1) is 5.69 Å². The van der Waals surface area contributed by atoms with Crippen molar-refractivity contribution >= 4 is 49.4 Å². The van der Waals surface area contributed by atoms with E-state index in [0.717, 1.165) is 17.1 Å². The molecule has 0 saturated heterocycles. The zero-order valence-corrected chi connectivity index (χ0v) is 32.7. The predicted octanol–water partition coefficient (Wildman–Crippen LogP) is 15.9. The summed E-state index contributed by atoms with van der Waals surface area (Å²) in [5, 5.41) is 7.63. The first kappa shape index (κ1) is 34.1. The van der Waals surface area contributed by atoms with Crippen LogP contribution in [0.3, 0.4) is 0 Å². The molecule has 0 aromatic heterocycles. The summed E-state index contributed by atoms with van der Waals surface area (Å²) in [7, 11) is 0. The van der Waals surface area contributed by atoms with Gasteiger partial charge >= 0.3 is 0 Å². The zero-order chi connectivity index (χ0) is 38.8. The largest absolute Gasteiger partial charge is 0.310 e. The van der Waals surface area contributed by atoms with Crippen molar-refractivity contribution in [3.05, 3.63) is 223 Å². The lowest BCUT2D eigenvalue weighted by atomic mass is 9.67. The number of anilines is 3. The number of hydrogen-bond acceptors (Lipinski definition) is 1. The second-order valence-electron chi connectivity index (χ2n) is 16.1. The van der Waals surface area contributed by atoms with E-state index in [1.807, 2.05) is 0 Å². The molecule has 11 rings (SSSR count). The van der Waals surface area contributed by atoms with Gasteiger partial charge in [0.1, 0.15) is 0 Å². The van der Waals surface area contributed by atoms with Gasteiger partial charge in [0.15, 0.2) is 0 Å². The van der Waals surface area contributed by atoms with E-state index in [4.69, 9.17) is 0 Å². The van der Waals surface area contributed by atoms with Crippen LogP contribution in [0.25, 0.3) is 76.8 Å². The molecule has 0 radical (unpaired) electrons. The third-order valence-corrected chi connectivity index (χ3v) is 12.4. The molecule has 1 aliphatic rings. The van der Waals surface area contributed by atoms with Crippen molar-refractivity contribution < 1.29 is 0 Å². The molecule has 274 valence electrons. The van der Waals surface area contributed by atoms with E-state index in [1.54, 1.807) is 0 Å². The van der Waals surface area contributed by atoms with E-state index >= 15 is 0 Å². The van der Waals surface area contributed by atoms with Gasteiger partial charge in [0.2, 0.25) is 0 Å². The van der Waals surface area contributed by atoms with Crippen LogP contribution in [-0.2, 0) is 5.41 Å². The minimum atomic E-state index is -0.184.